The number of piperidine rings is 1. The lowest BCUT2D eigenvalue weighted by Gasteiger charge is -2.33. The van der Waals surface area contributed by atoms with E-state index in [-0.39, 0.29) is 29.8 Å². The van der Waals surface area contributed by atoms with Gasteiger partial charge in [0.15, 0.2) is 5.96 Å². The average molecular weight is 555 g/mol. The van der Waals surface area contributed by atoms with Crippen molar-refractivity contribution in [3.8, 4) is 11.5 Å². The van der Waals surface area contributed by atoms with E-state index < -0.39 is 0 Å². The molecule has 3 aromatic rings. The molecule has 0 saturated carbocycles. The first-order valence-electron chi connectivity index (χ1n) is 10.2. The summed E-state index contributed by atoms with van der Waals surface area (Å²) >= 11 is 1.80. The van der Waals surface area contributed by atoms with Crippen LogP contribution in [-0.4, -0.2) is 43.7 Å². The Balaban J connectivity index is 0.00000272. The van der Waals surface area contributed by atoms with Crippen molar-refractivity contribution in [2.75, 3.05) is 31.6 Å². The SMILES string of the molecule is CN=C(NCCc1coc(-c2ccc(F)cc2)n1)NC1CCN(c2cccs2)CC1.I. The number of oxazole rings is 1. The van der Waals surface area contributed by atoms with Gasteiger partial charge in [-0.15, -0.1) is 35.3 Å². The normalized spacial score (nSPS) is 14.9. The Hall–Kier alpha value is -2.14. The van der Waals surface area contributed by atoms with Crippen LogP contribution in [-0.2, 0) is 6.42 Å². The summed E-state index contributed by atoms with van der Waals surface area (Å²) < 4.78 is 18.6. The smallest absolute Gasteiger partial charge is 0.226 e. The summed E-state index contributed by atoms with van der Waals surface area (Å²) in [5.41, 5.74) is 1.61. The molecule has 31 heavy (non-hydrogen) atoms. The first kappa shape index (κ1) is 23.5. The maximum absolute atomic E-state index is 13.1. The van der Waals surface area contributed by atoms with Crippen molar-refractivity contribution >= 4 is 46.3 Å². The molecule has 9 heteroatoms. The fraction of sp³-hybridized carbons (Fsp3) is 0.364. The van der Waals surface area contributed by atoms with Gasteiger partial charge < -0.3 is 20.0 Å². The zero-order valence-electron chi connectivity index (χ0n) is 17.4. The van der Waals surface area contributed by atoms with Crippen LogP contribution in [0.4, 0.5) is 9.39 Å². The molecule has 2 N–H and O–H groups in total. The van der Waals surface area contributed by atoms with Gasteiger partial charge in [0, 0.05) is 44.7 Å². The van der Waals surface area contributed by atoms with Gasteiger partial charge in [0.25, 0.3) is 0 Å². The van der Waals surface area contributed by atoms with Crippen molar-refractivity contribution < 1.29 is 8.81 Å². The number of rotatable bonds is 6. The van der Waals surface area contributed by atoms with Gasteiger partial charge in [-0.25, -0.2) is 9.37 Å². The van der Waals surface area contributed by atoms with Crippen LogP contribution in [0.5, 0.6) is 0 Å². The van der Waals surface area contributed by atoms with E-state index in [1.807, 2.05) is 0 Å². The molecule has 1 aromatic carbocycles. The number of nitrogens with one attached hydrogen (secondary N) is 2. The van der Waals surface area contributed by atoms with Crippen molar-refractivity contribution in [1.29, 1.82) is 0 Å². The van der Waals surface area contributed by atoms with Gasteiger partial charge in [-0.3, -0.25) is 4.99 Å². The first-order chi connectivity index (χ1) is 14.7. The third kappa shape index (κ3) is 6.42. The second-order valence-corrected chi connectivity index (χ2v) is 8.18. The molecular formula is C22H27FIN5OS. The summed E-state index contributed by atoms with van der Waals surface area (Å²) in [6, 6.07) is 10.8. The average Bonchev–Trinajstić information content (AvgIpc) is 3.47. The zero-order valence-corrected chi connectivity index (χ0v) is 20.5. The Morgan fingerprint density at radius 3 is 2.71 bits per heavy atom. The molecule has 1 aliphatic rings. The molecule has 0 spiro atoms. The number of anilines is 1. The lowest BCUT2D eigenvalue weighted by atomic mass is 10.1. The molecule has 2 aromatic heterocycles. The minimum absolute atomic E-state index is 0. The molecule has 166 valence electrons. The fourth-order valence-corrected chi connectivity index (χ4v) is 4.32. The molecule has 3 heterocycles. The number of thiophene rings is 1. The van der Waals surface area contributed by atoms with E-state index in [0.717, 1.165) is 43.1 Å². The molecule has 0 amide bonds. The summed E-state index contributed by atoms with van der Waals surface area (Å²) in [5.74, 6) is 1.04. The Labute approximate surface area is 203 Å². The van der Waals surface area contributed by atoms with E-state index in [1.54, 1.807) is 36.8 Å². The highest BCUT2D eigenvalue weighted by atomic mass is 127. The van der Waals surface area contributed by atoms with E-state index in [1.165, 1.54) is 17.1 Å². The molecule has 6 nitrogen and oxygen atoms in total. The summed E-state index contributed by atoms with van der Waals surface area (Å²) in [7, 11) is 1.79. The summed E-state index contributed by atoms with van der Waals surface area (Å²) in [6.07, 6.45) is 4.53. The number of benzene rings is 1. The number of aromatic nitrogens is 1. The first-order valence-corrected chi connectivity index (χ1v) is 11.1. The molecular weight excluding hydrogens is 528 g/mol. The Morgan fingerprint density at radius 1 is 1.26 bits per heavy atom. The fourth-order valence-electron chi connectivity index (χ4n) is 3.54. The predicted octanol–water partition coefficient (Wildman–Crippen LogP) is 4.54. The lowest BCUT2D eigenvalue weighted by molar-refractivity contribution is 0.463. The largest absolute Gasteiger partial charge is 0.444 e. The third-order valence-electron chi connectivity index (χ3n) is 5.19. The van der Waals surface area contributed by atoms with Crippen LogP contribution in [0.25, 0.3) is 11.5 Å². The number of nitrogens with zero attached hydrogens (tertiary/aromatic N) is 3. The number of hydrogen-bond donors (Lipinski definition) is 2. The second kappa shape index (κ2) is 11.5. The minimum atomic E-state index is -0.272. The molecule has 0 radical (unpaired) electrons. The lowest BCUT2D eigenvalue weighted by Crippen LogP contribution is -2.49. The Bertz CT molecular complexity index is 953. The number of hydrogen-bond acceptors (Lipinski definition) is 5. The van der Waals surface area contributed by atoms with Crippen LogP contribution in [0.3, 0.4) is 0 Å². The maximum atomic E-state index is 13.1. The van der Waals surface area contributed by atoms with Gasteiger partial charge in [-0.2, -0.15) is 0 Å². The van der Waals surface area contributed by atoms with Crippen molar-refractivity contribution in [2.45, 2.75) is 25.3 Å². The van der Waals surface area contributed by atoms with Gasteiger partial charge in [0.05, 0.1) is 10.7 Å². The van der Waals surface area contributed by atoms with Crippen molar-refractivity contribution in [3.05, 3.63) is 59.6 Å². The number of aliphatic imine (C=N–C) groups is 1. The topological polar surface area (TPSA) is 65.7 Å². The number of guanidine groups is 1. The second-order valence-electron chi connectivity index (χ2n) is 7.26. The Kier molecular flexibility index (Phi) is 8.70. The summed E-state index contributed by atoms with van der Waals surface area (Å²) in [5, 5.41) is 10.4. The molecule has 4 rings (SSSR count). The molecule has 0 unspecified atom stereocenters. The van der Waals surface area contributed by atoms with Crippen LogP contribution in [0.2, 0.25) is 0 Å². The molecule has 0 atom stereocenters. The molecule has 1 fully saturated rings. The minimum Gasteiger partial charge on any atom is -0.444 e. The van der Waals surface area contributed by atoms with Gasteiger partial charge in [-0.1, -0.05) is 0 Å². The molecule has 0 aliphatic carbocycles. The van der Waals surface area contributed by atoms with Crippen LogP contribution in [0.15, 0.2) is 57.5 Å². The highest BCUT2D eigenvalue weighted by Gasteiger charge is 2.20. The predicted molar refractivity (Wildman–Crippen MR) is 135 cm³/mol. The molecule has 0 bridgehead atoms. The van der Waals surface area contributed by atoms with Gasteiger partial charge in [0.2, 0.25) is 5.89 Å². The van der Waals surface area contributed by atoms with E-state index in [9.17, 15) is 4.39 Å². The highest BCUT2D eigenvalue weighted by molar-refractivity contribution is 14.0. The summed E-state index contributed by atoms with van der Waals surface area (Å²) in [6.45, 7) is 2.81. The van der Waals surface area contributed by atoms with E-state index >= 15 is 0 Å². The standard InChI is InChI=1S/C22H26FN5OS.HI/c1-24-22(27-18-9-12-28(13-10-18)20-3-2-14-30-20)25-11-8-19-15-29-21(26-19)16-4-6-17(23)7-5-16;/h2-7,14-15,18H,8-13H2,1H3,(H2,24,25,27);1H. The van der Waals surface area contributed by atoms with Gasteiger partial charge >= 0.3 is 0 Å². The molecule has 1 aliphatic heterocycles. The van der Waals surface area contributed by atoms with Gasteiger partial charge in [-0.05, 0) is 54.6 Å². The number of halogens is 2. The Morgan fingerprint density at radius 2 is 2.03 bits per heavy atom. The van der Waals surface area contributed by atoms with Crippen molar-refractivity contribution in [3.63, 3.8) is 0 Å². The van der Waals surface area contributed by atoms with Crippen molar-refractivity contribution in [2.24, 2.45) is 4.99 Å². The molecule has 1 saturated heterocycles. The van der Waals surface area contributed by atoms with E-state index in [0.29, 0.717) is 24.9 Å². The maximum Gasteiger partial charge on any atom is 0.226 e. The van der Waals surface area contributed by atoms with Crippen LogP contribution < -0.4 is 15.5 Å². The van der Waals surface area contributed by atoms with Gasteiger partial charge in [0.1, 0.15) is 12.1 Å². The van der Waals surface area contributed by atoms with E-state index in [2.05, 4.69) is 43.0 Å². The third-order valence-corrected chi connectivity index (χ3v) is 6.12. The summed E-state index contributed by atoms with van der Waals surface area (Å²) in [4.78, 5) is 11.3. The monoisotopic (exact) mass is 555 g/mol. The van der Waals surface area contributed by atoms with Crippen LogP contribution in [0, 0.1) is 5.82 Å². The van der Waals surface area contributed by atoms with E-state index in [4.69, 9.17) is 4.42 Å². The van der Waals surface area contributed by atoms with Crippen molar-refractivity contribution in [1.82, 2.24) is 15.6 Å². The zero-order chi connectivity index (χ0) is 20.8. The quantitative estimate of drug-likeness (QED) is 0.266. The highest BCUT2D eigenvalue weighted by Crippen LogP contribution is 2.24. The van der Waals surface area contributed by atoms with Crippen LogP contribution >= 0.6 is 35.3 Å². The van der Waals surface area contributed by atoms with Crippen LogP contribution in [0.1, 0.15) is 18.5 Å².